The molecule has 0 heteroatoms. The van der Waals surface area contributed by atoms with Crippen LogP contribution in [0.25, 0.3) is 0 Å². The van der Waals surface area contributed by atoms with Crippen LogP contribution in [0.5, 0.6) is 0 Å². The van der Waals surface area contributed by atoms with Crippen LogP contribution in [-0.2, 0) is 0 Å². The highest BCUT2D eigenvalue weighted by Crippen LogP contribution is 2.17. The molecule has 0 radical (unpaired) electrons. The third kappa shape index (κ3) is 18.6. The molecule has 0 unspecified atom stereocenters. The minimum atomic E-state index is 1.50. The summed E-state index contributed by atoms with van der Waals surface area (Å²) in [5.74, 6) is 0. The van der Waals surface area contributed by atoms with Gasteiger partial charge in [-0.3, -0.25) is 0 Å². The third-order valence-corrected chi connectivity index (χ3v) is 6.25. The molecule has 0 aromatic rings. The molecule has 0 aromatic carbocycles. The summed E-state index contributed by atoms with van der Waals surface area (Å²) in [5, 5.41) is 0. The fourth-order valence-electron chi connectivity index (χ4n) is 4.42. The number of hydrogen-bond acceptors (Lipinski definition) is 0. The van der Waals surface area contributed by atoms with Crippen molar-refractivity contribution in [2.75, 3.05) is 0 Å². The van der Waals surface area contributed by atoms with E-state index in [1.165, 1.54) is 161 Å². The maximum Gasteiger partial charge on any atom is -0.0533 e. The van der Waals surface area contributed by atoms with E-state index in [2.05, 4.69) is 0 Å². The van der Waals surface area contributed by atoms with E-state index in [9.17, 15) is 0 Å². The number of hydrogen-bond donors (Lipinski definition) is 0. The molecule has 0 saturated heterocycles. The molecule has 2 rings (SSSR count). The molecule has 0 aliphatic heterocycles. The van der Waals surface area contributed by atoms with Gasteiger partial charge in [0, 0.05) is 0 Å². The van der Waals surface area contributed by atoms with E-state index in [1.54, 1.807) is 0 Å². The van der Waals surface area contributed by atoms with Gasteiger partial charge in [-0.25, -0.2) is 0 Å². The Morgan fingerprint density at radius 2 is 0.120 bits per heavy atom. The van der Waals surface area contributed by atoms with Crippen LogP contribution in [0.1, 0.15) is 161 Å². The Labute approximate surface area is 160 Å². The van der Waals surface area contributed by atoms with E-state index in [4.69, 9.17) is 0 Å². The van der Waals surface area contributed by atoms with Gasteiger partial charge in [-0.1, -0.05) is 161 Å². The molecule has 0 nitrogen and oxygen atoms in total. The lowest BCUT2D eigenvalue weighted by Crippen LogP contribution is -1.85. The summed E-state index contributed by atoms with van der Waals surface area (Å²) >= 11 is 0. The van der Waals surface area contributed by atoms with Crippen molar-refractivity contribution in [3.05, 3.63) is 0 Å². The highest BCUT2D eigenvalue weighted by Gasteiger charge is 1.97. The standard InChI is InChI=1S/C13H26.C12H24/c1-2-4-6-8-10-12-13-11-9-7-5-3-1;1-2-4-6-8-10-12-11-9-7-5-3-1/h1-13H2;1-12H2. The van der Waals surface area contributed by atoms with Crippen molar-refractivity contribution in [2.45, 2.75) is 161 Å². The van der Waals surface area contributed by atoms with Crippen molar-refractivity contribution in [3.63, 3.8) is 0 Å². The average Bonchev–Trinajstić information content (AvgIpc) is 2.64. The van der Waals surface area contributed by atoms with E-state index in [0.717, 1.165) is 0 Å². The third-order valence-electron chi connectivity index (χ3n) is 6.25. The van der Waals surface area contributed by atoms with Crippen LogP contribution in [0.3, 0.4) is 0 Å². The second-order valence-corrected chi connectivity index (χ2v) is 8.84. The van der Waals surface area contributed by atoms with Gasteiger partial charge >= 0.3 is 0 Å². The van der Waals surface area contributed by atoms with Crippen molar-refractivity contribution in [3.8, 4) is 0 Å². The normalized spacial score (nSPS) is 24.0. The molecule has 0 N–H and O–H groups in total. The van der Waals surface area contributed by atoms with E-state index in [0.29, 0.717) is 0 Å². The lowest BCUT2D eigenvalue weighted by molar-refractivity contribution is 0.504. The second-order valence-electron chi connectivity index (χ2n) is 8.84. The summed E-state index contributed by atoms with van der Waals surface area (Å²) < 4.78 is 0. The Bertz CT molecular complexity index is 141. The molecule has 0 bridgehead atoms. The first-order chi connectivity index (χ1) is 12.5. The van der Waals surface area contributed by atoms with Crippen LogP contribution in [0, 0.1) is 0 Å². The van der Waals surface area contributed by atoms with Gasteiger partial charge in [-0.15, -0.1) is 0 Å². The van der Waals surface area contributed by atoms with Crippen LogP contribution in [0.4, 0.5) is 0 Å². The van der Waals surface area contributed by atoms with Crippen LogP contribution in [-0.4, -0.2) is 0 Å². The van der Waals surface area contributed by atoms with Gasteiger partial charge in [-0.05, 0) is 0 Å². The Morgan fingerprint density at radius 3 is 0.160 bits per heavy atom. The zero-order chi connectivity index (χ0) is 17.7. The predicted molar refractivity (Wildman–Crippen MR) is 115 cm³/mol. The summed E-state index contributed by atoms with van der Waals surface area (Å²) in [5.41, 5.74) is 0. The van der Waals surface area contributed by atoms with Crippen LogP contribution < -0.4 is 0 Å². The van der Waals surface area contributed by atoms with Crippen molar-refractivity contribution in [1.82, 2.24) is 0 Å². The molecule has 2 saturated carbocycles. The maximum absolute atomic E-state index is 1.50. The van der Waals surface area contributed by atoms with Crippen LogP contribution in [0.15, 0.2) is 0 Å². The Hall–Kier alpha value is 0. The summed E-state index contributed by atoms with van der Waals surface area (Å²) in [7, 11) is 0. The summed E-state index contributed by atoms with van der Waals surface area (Å²) in [6, 6.07) is 0. The lowest BCUT2D eigenvalue weighted by Gasteiger charge is -2.05. The minimum absolute atomic E-state index is 1.50. The quantitative estimate of drug-likeness (QED) is 0.407. The Morgan fingerprint density at radius 1 is 0.0800 bits per heavy atom. The Balaban J connectivity index is 0.000000251. The highest BCUT2D eigenvalue weighted by atomic mass is 14.0. The molecule has 2 fully saturated rings. The van der Waals surface area contributed by atoms with Gasteiger partial charge in [0.25, 0.3) is 0 Å². The van der Waals surface area contributed by atoms with Gasteiger partial charge < -0.3 is 0 Å². The van der Waals surface area contributed by atoms with Gasteiger partial charge in [0.05, 0.1) is 0 Å². The first kappa shape index (κ1) is 23.0. The second kappa shape index (κ2) is 20.3. The fourth-order valence-corrected chi connectivity index (χ4v) is 4.42. The summed E-state index contributed by atoms with van der Waals surface area (Å²) in [6.07, 6.45) is 37.5. The van der Waals surface area contributed by atoms with Crippen molar-refractivity contribution < 1.29 is 0 Å². The van der Waals surface area contributed by atoms with Crippen molar-refractivity contribution in [2.24, 2.45) is 0 Å². The van der Waals surface area contributed by atoms with E-state index >= 15 is 0 Å². The molecular weight excluding hydrogens is 300 g/mol. The number of rotatable bonds is 0. The van der Waals surface area contributed by atoms with E-state index in [-0.39, 0.29) is 0 Å². The van der Waals surface area contributed by atoms with Gasteiger partial charge in [0.15, 0.2) is 0 Å². The molecule has 0 spiro atoms. The molecule has 150 valence electrons. The summed E-state index contributed by atoms with van der Waals surface area (Å²) in [4.78, 5) is 0. The highest BCUT2D eigenvalue weighted by molar-refractivity contribution is 4.53. The molecule has 25 heavy (non-hydrogen) atoms. The minimum Gasteiger partial charge on any atom is -0.0533 e. The van der Waals surface area contributed by atoms with Crippen molar-refractivity contribution >= 4 is 0 Å². The first-order valence-electron chi connectivity index (χ1n) is 12.5. The largest absolute Gasteiger partial charge is 0.0533 e. The Kier molecular flexibility index (Phi) is 18.7. The zero-order valence-electron chi connectivity index (χ0n) is 17.7. The fraction of sp³-hybridized carbons (Fsp3) is 1.00. The first-order valence-corrected chi connectivity index (χ1v) is 12.5. The molecule has 0 heterocycles. The average molecular weight is 351 g/mol. The topological polar surface area (TPSA) is 0 Å². The van der Waals surface area contributed by atoms with Crippen LogP contribution >= 0.6 is 0 Å². The smallest absolute Gasteiger partial charge is 0.0533 e. The summed E-state index contributed by atoms with van der Waals surface area (Å²) in [6.45, 7) is 0. The van der Waals surface area contributed by atoms with Crippen molar-refractivity contribution in [1.29, 1.82) is 0 Å². The molecule has 2 aliphatic carbocycles. The molecular formula is C25H50. The molecule has 0 amide bonds. The van der Waals surface area contributed by atoms with Gasteiger partial charge in [0.1, 0.15) is 0 Å². The lowest BCUT2D eigenvalue weighted by atomic mass is 10.0. The van der Waals surface area contributed by atoms with E-state index in [1.807, 2.05) is 0 Å². The van der Waals surface area contributed by atoms with Gasteiger partial charge in [-0.2, -0.15) is 0 Å². The van der Waals surface area contributed by atoms with E-state index < -0.39 is 0 Å². The zero-order valence-corrected chi connectivity index (χ0v) is 17.7. The SMILES string of the molecule is C1CCCCCCCCCCC1.C1CCCCCCCCCCCC1. The molecule has 0 atom stereocenters. The molecule has 0 aromatic heterocycles. The van der Waals surface area contributed by atoms with Crippen LogP contribution in [0.2, 0.25) is 0 Å². The maximum atomic E-state index is 1.50. The monoisotopic (exact) mass is 350 g/mol. The molecule has 2 aliphatic rings. The van der Waals surface area contributed by atoms with Gasteiger partial charge in [0.2, 0.25) is 0 Å². The predicted octanol–water partition coefficient (Wildman–Crippen LogP) is 9.75.